The van der Waals surface area contributed by atoms with Gasteiger partial charge in [-0.1, -0.05) is 0 Å². The number of aliphatic hydroxyl groups is 2. The summed E-state index contributed by atoms with van der Waals surface area (Å²) in [5.41, 5.74) is -1.67. The smallest absolute Gasteiger partial charge is 0.330 e. The van der Waals surface area contributed by atoms with Crippen LogP contribution in [0.1, 0.15) is 12.6 Å². The van der Waals surface area contributed by atoms with E-state index in [0.29, 0.717) is 4.57 Å². The molecule has 7 nitrogen and oxygen atoms in total. The minimum absolute atomic E-state index is 0.646. The number of rotatable bonds is 2. The molecule has 0 radical (unpaired) electrons. The second-order valence-electron chi connectivity index (χ2n) is 4.24. The van der Waals surface area contributed by atoms with E-state index in [2.05, 4.69) is 4.74 Å². The zero-order valence-corrected chi connectivity index (χ0v) is 9.62. The number of halogens is 2. The Morgan fingerprint density at radius 1 is 1.58 bits per heavy atom. The Kier molecular flexibility index (Phi) is 3.52. The summed E-state index contributed by atoms with van der Waals surface area (Å²) < 4.78 is 33.0. The van der Waals surface area contributed by atoms with Crippen molar-refractivity contribution in [2.24, 2.45) is 0 Å². The van der Waals surface area contributed by atoms with Gasteiger partial charge in [0.1, 0.15) is 18.9 Å². The van der Waals surface area contributed by atoms with Crippen LogP contribution in [-0.4, -0.2) is 44.5 Å². The van der Waals surface area contributed by atoms with E-state index in [0.717, 1.165) is 12.3 Å². The molecule has 0 amide bonds. The fourth-order valence-corrected chi connectivity index (χ4v) is 1.86. The van der Waals surface area contributed by atoms with Crippen molar-refractivity contribution in [3.8, 4) is 0 Å². The third-order valence-corrected chi connectivity index (χ3v) is 2.91. The van der Waals surface area contributed by atoms with E-state index < -0.39 is 48.6 Å². The van der Waals surface area contributed by atoms with Crippen molar-refractivity contribution in [2.45, 2.75) is 30.8 Å². The van der Waals surface area contributed by atoms with Gasteiger partial charge >= 0.3 is 5.69 Å². The Bertz CT molecular complexity index is 574. The van der Waals surface area contributed by atoms with Crippen molar-refractivity contribution in [2.75, 3.05) is 6.61 Å². The van der Waals surface area contributed by atoms with Crippen molar-refractivity contribution >= 4 is 0 Å². The van der Waals surface area contributed by atoms with Crippen LogP contribution in [-0.2, 0) is 4.74 Å². The van der Waals surface area contributed by atoms with Gasteiger partial charge in [0.15, 0.2) is 6.23 Å². The lowest BCUT2D eigenvalue weighted by Crippen LogP contribution is -2.54. The lowest BCUT2D eigenvalue weighted by molar-refractivity contribution is -0.306. The zero-order chi connectivity index (χ0) is 14.2. The summed E-state index contributed by atoms with van der Waals surface area (Å²) in [6.07, 6.45) is -5.08. The van der Waals surface area contributed by atoms with Gasteiger partial charge < -0.3 is 14.9 Å². The fraction of sp³-hybridized carbons (Fsp3) is 0.600. The molecule has 1 aliphatic rings. The summed E-state index contributed by atoms with van der Waals surface area (Å²) in [5.74, 6) is -2.86. The largest absolute Gasteiger partial charge is 0.390 e. The number of nitrogens with one attached hydrogen (secondary N) is 1. The summed E-state index contributed by atoms with van der Waals surface area (Å²) in [5, 5.41) is 18.2. The number of alkyl halides is 2. The first-order valence-corrected chi connectivity index (χ1v) is 5.48. The Balaban J connectivity index is 2.38. The number of aliphatic hydroxyl groups excluding tert-OH is 2. The van der Waals surface area contributed by atoms with Crippen molar-refractivity contribution in [3.63, 3.8) is 0 Å². The standard InChI is InChI=1S/C10H12F2N2O5/c11-5-3-6(16)10(12,4-15)19-8(5)14-2-1-7(17)13-9(14)18/h1-2,5-6,8,15-16H,3-4H2,(H,13,17,18)/t5?,6?,8-,10-/m1/s1. The third kappa shape index (κ3) is 2.44. The molecule has 0 spiro atoms. The monoisotopic (exact) mass is 278 g/mol. The van der Waals surface area contributed by atoms with Crippen LogP contribution in [0.3, 0.4) is 0 Å². The molecule has 2 rings (SSSR count). The van der Waals surface area contributed by atoms with Crippen molar-refractivity contribution in [1.29, 1.82) is 0 Å². The van der Waals surface area contributed by atoms with Crippen molar-refractivity contribution in [3.05, 3.63) is 33.1 Å². The SMILES string of the molecule is O=c1ccn([C@@H]2O[C@](F)(CO)C(O)CC2F)c(=O)[nH]1. The van der Waals surface area contributed by atoms with Gasteiger partial charge in [-0.05, 0) is 0 Å². The molecule has 2 heterocycles. The molecule has 9 heteroatoms. The molecule has 1 saturated heterocycles. The molecule has 19 heavy (non-hydrogen) atoms. The topological polar surface area (TPSA) is 105 Å². The Hall–Kier alpha value is -1.58. The van der Waals surface area contributed by atoms with E-state index >= 15 is 0 Å². The lowest BCUT2D eigenvalue weighted by Gasteiger charge is -2.39. The molecule has 1 aromatic heterocycles. The number of ether oxygens (including phenoxy) is 1. The van der Waals surface area contributed by atoms with Crippen LogP contribution in [0.4, 0.5) is 8.78 Å². The number of H-pyrrole nitrogens is 1. The van der Waals surface area contributed by atoms with Gasteiger partial charge in [0.25, 0.3) is 11.4 Å². The van der Waals surface area contributed by atoms with Crippen LogP contribution in [0.5, 0.6) is 0 Å². The average Bonchev–Trinajstić information content (AvgIpc) is 2.35. The van der Waals surface area contributed by atoms with Crippen molar-refractivity contribution < 1.29 is 23.7 Å². The summed E-state index contributed by atoms with van der Waals surface area (Å²) in [7, 11) is 0. The predicted octanol–water partition coefficient (Wildman–Crippen LogP) is -1.19. The van der Waals surface area contributed by atoms with Crippen LogP contribution in [0, 0.1) is 0 Å². The maximum Gasteiger partial charge on any atom is 0.330 e. The molecular weight excluding hydrogens is 266 g/mol. The van der Waals surface area contributed by atoms with Gasteiger partial charge in [-0.15, -0.1) is 0 Å². The van der Waals surface area contributed by atoms with E-state index in [-0.39, 0.29) is 0 Å². The van der Waals surface area contributed by atoms with E-state index in [4.69, 9.17) is 5.11 Å². The highest BCUT2D eigenvalue weighted by Gasteiger charge is 2.50. The molecule has 2 unspecified atom stereocenters. The molecule has 0 saturated carbocycles. The highest BCUT2D eigenvalue weighted by atomic mass is 19.2. The molecule has 0 bridgehead atoms. The summed E-state index contributed by atoms with van der Waals surface area (Å²) in [6.45, 7) is -1.19. The van der Waals surface area contributed by atoms with Crippen LogP contribution < -0.4 is 11.2 Å². The zero-order valence-electron chi connectivity index (χ0n) is 9.62. The Morgan fingerprint density at radius 3 is 2.84 bits per heavy atom. The summed E-state index contributed by atoms with van der Waals surface area (Å²) in [6, 6.07) is 0.946. The van der Waals surface area contributed by atoms with Crippen molar-refractivity contribution in [1.82, 2.24) is 9.55 Å². The first kappa shape index (κ1) is 13.8. The maximum absolute atomic E-state index is 13.9. The van der Waals surface area contributed by atoms with E-state index in [1.165, 1.54) is 0 Å². The Morgan fingerprint density at radius 2 is 2.26 bits per heavy atom. The third-order valence-electron chi connectivity index (χ3n) is 2.91. The summed E-state index contributed by atoms with van der Waals surface area (Å²) in [4.78, 5) is 24.2. The van der Waals surface area contributed by atoms with Gasteiger partial charge in [-0.3, -0.25) is 14.3 Å². The van der Waals surface area contributed by atoms with Gasteiger partial charge in [-0.25, -0.2) is 13.6 Å². The molecular formula is C10H12F2N2O5. The maximum atomic E-state index is 13.9. The lowest BCUT2D eigenvalue weighted by atomic mass is 10.0. The molecule has 4 atom stereocenters. The summed E-state index contributed by atoms with van der Waals surface area (Å²) >= 11 is 0. The van der Waals surface area contributed by atoms with E-state index in [1.807, 2.05) is 4.98 Å². The normalized spacial score (nSPS) is 35.3. The van der Waals surface area contributed by atoms with E-state index in [9.17, 15) is 23.5 Å². The van der Waals surface area contributed by atoms with Gasteiger partial charge in [-0.2, -0.15) is 0 Å². The first-order chi connectivity index (χ1) is 8.87. The fourth-order valence-electron chi connectivity index (χ4n) is 1.86. The van der Waals surface area contributed by atoms with Crippen LogP contribution in [0.15, 0.2) is 21.9 Å². The quantitative estimate of drug-likeness (QED) is 0.631. The molecule has 1 aromatic rings. The number of aromatic amines is 1. The average molecular weight is 278 g/mol. The number of hydrogen-bond acceptors (Lipinski definition) is 5. The number of aromatic nitrogens is 2. The highest BCUT2D eigenvalue weighted by molar-refractivity contribution is 4.92. The second kappa shape index (κ2) is 4.83. The molecule has 106 valence electrons. The van der Waals surface area contributed by atoms with Gasteiger partial charge in [0.2, 0.25) is 0 Å². The minimum atomic E-state index is -2.86. The van der Waals surface area contributed by atoms with Crippen LogP contribution in [0.2, 0.25) is 0 Å². The van der Waals surface area contributed by atoms with Crippen LogP contribution in [0.25, 0.3) is 0 Å². The highest BCUT2D eigenvalue weighted by Crippen LogP contribution is 2.36. The first-order valence-electron chi connectivity index (χ1n) is 5.48. The van der Waals surface area contributed by atoms with E-state index in [1.54, 1.807) is 0 Å². The number of nitrogens with zero attached hydrogens (tertiary/aromatic N) is 1. The predicted molar refractivity (Wildman–Crippen MR) is 57.9 cm³/mol. The molecule has 0 aromatic carbocycles. The molecule has 1 fully saturated rings. The second-order valence-corrected chi connectivity index (χ2v) is 4.24. The molecule has 1 aliphatic heterocycles. The molecule has 0 aliphatic carbocycles. The Labute approximate surface area is 105 Å². The minimum Gasteiger partial charge on any atom is -0.390 e. The van der Waals surface area contributed by atoms with Gasteiger partial charge in [0.05, 0.1) is 0 Å². The number of hydrogen-bond donors (Lipinski definition) is 3. The van der Waals surface area contributed by atoms with Gasteiger partial charge in [0, 0.05) is 18.7 Å². The molecule has 3 N–H and O–H groups in total. The van der Waals surface area contributed by atoms with Crippen LogP contribution >= 0.6 is 0 Å².